The van der Waals surface area contributed by atoms with Crippen molar-refractivity contribution >= 4 is 28.5 Å². The molecule has 5 nitrogen and oxygen atoms in total. The molecule has 3 aromatic rings. The number of rotatable bonds is 6. The number of hydrogen-bond acceptors (Lipinski definition) is 4. The topological polar surface area (TPSA) is 52.9 Å². The van der Waals surface area contributed by atoms with E-state index in [1.165, 1.54) is 11.3 Å². The fourth-order valence-corrected chi connectivity index (χ4v) is 5.67. The van der Waals surface area contributed by atoms with Gasteiger partial charge in [-0.15, -0.1) is 6.58 Å². The number of methoxy groups -OCH3 is 1. The quantitative estimate of drug-likeness (QED) is 0.438. The number of aromatic nitrogens is 1. The molecule has 0 spiro atoms. The van der Waals surface area contributed by atoms with E-state index in [-0.39, 0.29) is 12.0 Å². The van der Waals surface area contributed by atoms with E-state index in [0.717, 1.165) is 41.7 Å². The van der Waals surface area contributed by atoms with E-state index < -0.39 is 6.10 Å². The lowest BCUT2D eigenvalue weighted by molar-refractivity contribution is -0.949. The zero-order valence-corrected chi connectivity index (χ0v) is 19.4. The average Bonchev–Trinajstić information content (AvgIpc) is 2.87. The second-order valence-electron chi connectivity index (χ2n) is 9.02. The molecule has 6 rings (SSSR count). The van der Waals surface area contributed by atoms with Crippen molar-refractivity contribution in [2.45, 2.75) is 25.0 Å². The normalized spacial score (nSPS) is 24.9. The molecule has 1 unspecified atom stereocenters. The fourth-order valence-electron chi connectivity index (χ4n) is 5.55. The second kappa shape index (κ2) is 9.16. The highest BCUT2D eigenvalue weighted by atomic mass is 35.5. The van der Waals surface area contributed by atoms with E-state index in [1.807, 2.05) is 24.3 Å². The van der Waals surface area contributed by atoms with Gasteiger partial charge < -0.3 is 14.4 Å². The van der Waals surface area contributed by atoms with Gasteiger partial charge >= 0.3 is 5.97 Å². The summed E-state index contributed by atoms with van der Waals surface area (Å²) in [4.78, 5) is 19.2. The standard InChI is InChI=1S/C27H27ClN2O3/c1-3-17-16-30-13-11-19(17)14-25(30)26(33-27(31)18-4-6-20(28)7-5-18)22-10-12-29-24-9-8-21(32-2)15-23(22)24/h3-10,12,15,17,19,25-26H,1,11,13-14,16H2,2H3/p+1/t17-,19+,25-,26-/m0/s1. The molecule has 3 aliphatic heterocycles. The molecule has 3 fully saturated rings. The molecule has 33 heavy (non-hydrogen) atoms. The predicted molar refractivity (Wildman–Crippen MR) is 129 cm³/mol. The summed E-state index contributed by atoms with van der Waals surface area (Å²) in [5, 5.41) is 1.54. The number of esters is 1. The number of fused-ring (bicyclic) bond motifs is 4. The number of nitrogens with one attached hydrogen (secondary N) is 1. The predicted octanol–water partition coefficient (Wildman–Crippen LogP) is 4.27. The molecule has 0 aliphatic carbocycles. The van der Waals surface area contributed by atoms with Gasteiger partial charge in [0, 0.05) is 40.9 Å². The van der Waals surface area contributed by atoms with Crippen LogP contribution in [-0.4, -0.2) is 37.2 Å². The summed E-state index contributed by atoms with van der Waals surface area (Å²) < 4.78 is 11.8. The Kier molecular flexibility index (Phi) is 6.09. The van der Waals surface area contributed by atoms with E-state index in [0.29, 0.717) is 22.4 Å². The van der Waals surface area contributed by atoms with Crippen molar-refractivity contribution in [1.82, 2.24) is 4.98 Å². The van der Waals surface area contributed by atoms with Gasteiger partial charge in [0.25, 0.3) is 0 Å². The lowest BCUT2D eigenvalue weighted by Gasteiger charge is -2.48. The molecule has 1 N–H and O–H groups in total. The number of benzene rings is 2. The number of ether oxygens (including phenoxy) is 2. The van der Waals surface area contributed by atoms with Gasteiger partial charge in [-0.25, -0.2) is 4.79 Å². The maximum atomic E-state index is 13.2. The van der Waals surface area contributed by atoms with Gasteiger partial charge in [-0.3, -0.25) is 4.98 Å². The molecular formula is C27H28ClN2O3+. The number of hydrogen-bond donors (Lipinski definition) is 1. The van der Waals surface area contributed by atoms with Crippen LogP contribution in [-0.2, 0) is 4.74 Å². The van der Waals surface area contributed by atoms with Gasteiger partial charge in [0.15, 0.2) is 6.10 Å². The molecule has 0 amide bonds. The molecular weight excluding hydrogens is 436 g/mol. The van der Waals surface area contributed by atoms with Gasteiger partial charge in [0.1, 0.15) is 11.8 Å². The van der Waals surface area contributed by atoms with Crippen molar-refractivity contribution in [3.05, 3.63) is 83.5 Å². The summed E-state index contributed by atoms with van der Waals surface area (Å²) >= 11 is 6.02. The summed E-state index contributed by atoms with van der Waals surface area (Å²) in [6.45, 7) is 6.17. The third kappa shape index (κ3) is 4.23. The first kappa shape index (κ1) is 21.9. The van der Waals surface area contributed by atoms with Crippen LogP contribution < -0.4 is 9.64 Å². The Bertz CT molecular complexity index is 1180. The molecule has 0 saturated carbocycles. The number of quaternary nitrogens is 1. The minimum absolute atomic E-state index is 0.174. The Labute approximate surface area is 199 Å². The first-order valence-corrected chi connectivity index (χ1v) is 11.8. The molecule has 2 bridgehead atoms. The van der Waals surface area contributed by atoms with Crippen molar-refractivity contribution < 1.29 is 19.2 Å². The van der Waals surface area contributed by atoms with Crippen LogP contribution in [0, 0.1) is 11.8 Å². The zero-order chi connectivity index (χ0) is 22.9. The monoisotopic (exact) mass is 463 g/mol. The third-order valence-electron chi connectivity index (χ3n) is 7.29. The van der Waals surface area contributed by atoms with Crippen LogP contribution in [0.15, 0.2) is 67.4 Å². The van der Waals surface area contributed by atoms with Crippen molar-refractivity contribution in [2.75, 3.05) is 20.2 Å². The van der Waals surface area contributed by atoms with Gasteiger partial charge in [-0.2, -0.15) is 0 Å². The molecule has 6 heteroatoms. The van der Waals surface area contributed by atoms with Crippen molar-refractivity contribution in [3.63, 3.8) is 0 Å². The lowest BCUT2D eigenvalue weighted by Crippen LogP contribution is -3.20. The molecule has 4 heterocycles. The number of piperidine rings is 3. The van der Waals surface area contributed by atoms with Gasteiger partial charge in [0.05, 0.1) is 31.3 Å². The Hall–Kier alpha value is -2.89. The molecule has 3 aliphatic rings. The first-order valence-electron chi connectivity index (χ1n) is 11.4. The Morgan fingerprint density at radius 2 is 2.06 bits per heavy atom. The van der Waals surface area contributed by atoms with Crippen LogP contribution in [0.25, 0.3) is 10.9 Å². The number of pyridine rings is 1. The van der Waals surface area contributed by atoms with Crippen LogP contribution >= 0.6 is 11.6 Å². The van der Waals surface area contributed by atoms with Gasteiger partial charge in [-0.05, 0) is 54.4 Å². The molecule has 3 saturated heterocycles. The Morgan fingerprint density at radius 3 is 2.76 bits per heavy atom. The molecule has 2 aromatic carbocycles. The second-order valence-corrected chi connectivity index (χ2v) is 9.46. The maximum Gasteiger partial charge on any atom is 0.338 e. The van der Waals surface area contributed by atoms with Crippen molar-refractivity contribution in [3.8, 4) is 5.75 Å². The minimum Gasteiger partial charge on any atom is -0.497 e. The number of carbonyl (C=O) groups is 1. The first-order chi connectivity index (χ1) is 16.1. The van der Waals surface area contributed by atoms with Crippen LogP contribution in [0.3, 0.4) is 0 Å². The number of halogens is 1. The van der Waals surface area contributed by atoms with Crippen molar-refractivity contribution in [1.29, 1.82) is 0 Å². The van der Waals surface area contributed by atoms with Crippen LogP contribution in [0.5, 0.6) is 5.75 Å². The van der Waals surface area contributed by atoms with E-state index in [2.05, 4.69) is 17.6 Å². The molecule has 5 atom stereocenters. The molecule has 1 aromatic heterocycles. The van der Waals surface area contributed by atoms with Crippen LogP contribution in [0.1, 0.15) is 34.9 Å². The zero-order valence-electron chi connectivity index (χ0n) is 18.7. The average molecular weight is 464 g/mol. The van der Waals surface area contributed by atoms with E-state index >= 15 is 0 Å². The molecule has 170 valence electrons. The Morgan fingerprint density at radius 1 is 1.24 bits per heavy atom. The molecule has 0 radical (unpaired) electrons. The van der Waals surface area contributed by atoms with Crippen LogP contribution in [0.2, 0.25) is 5.02 Å². The minimum atomic E-state index is -0.394. The number of carbonyl (C=O) groups excluding carboxylic acids is 1. The number of nitrogens with zero attached hydrogens (tertiary/aromatic N) is 1. The summed E-state index contributed by atoms with van der Waals surface area (Å²) in [7, 11) is 1.65. The fraction of sp³-hybridized carbons (Fsp3) is 0.333. The van der Waals surface area contributed by atoms with E-state index in [9.17, 15) is 4.79 Å². The SMILES string of the molecule is C=C[C@H]1C[NH+]2CC[C@@H]1C[C@H]2[C@@H](OC(=O)c1ccc(Cl)cc1)c1ccnc2ccc(OC)cc12. The smallest absolute Gasteiger partial charge is 0.338 e. The van der Waals surface area contributed by atoms with Crippen molar-refractivity contribution in [2.24, 2.45) is 11.8 Å². The summed E-state index contributed by atoms with van der Waals surface area (Å²) in [6, 6.07) is 14.8. The maximum absolute atomic E-state index is 13.2. The van der Waals surface area contributed by atoms with Gasteiger partial charge in [0.2, 0.25) is 0 Å². The lowest BCUT2D eigenvalue weighted by atomic mass is 9.73. The van der Waals surface area contributed by atoms with E-state index in [4.69, 9.17) is 21.1 Å². The Balaban J connectivity index is 1.56. The summed E-state index contributed by atoms with van der Waals surface area (Å²) in [5.74, 6) is 1.51. The largest absolute Gasteiger partial charge is 0.497 e. The highest BCUT2D eigenvalue weighted by Crippen LogP contribution is 2.37. The summed E-state index contributed by atoms with van der Waals surface area (Å²) in [6.07, 6.45) is 5.69. The highest BCUT2D eigenvalue weighted by molar-refractivity contribution is 6.30. The highest BCUT2D eigenvalue weighted by Gasteiger charge is 2.47. The van der Waals surface area contributed by atoms with Gasteiger partial charge in [-0.1, -0.05) is 17.7 Å². The van der Waals surface area contributed by atoms with E-state index in [1.54, 1.807) is 37.6 Å². The summed E-state index contributed by atoms with van der Waals surface area (Å²) in [5.41, 5.74) is 2.33. The third-order valence-corrected chi connectivity index (χ3v) is 7.54. The van der Waals surface area contributed by atoms with Crippen LogP contribution in [0.4, 0.5) is 0 Å².